The van der Waals surface area contributed by atoms with Crippen LogP contribution < -0.4 is 53.2 Å². The van der Waals surface area contributed by atoms with Gasteiger partial charge in [-0.05, 0) is 48.5 Å². The van der Waals surface area contributed by atoms with Gasteiger partial charge < -0.3 is 51.1 Å². The van der Waals surface area contributed by atoms with Crippen LogP contribution in [0.5, 0.6) is 23.0 Å². The van der Waals surface area contributed by atoms with Gasteiger partial charge in [0.2, 0.25) is 0 Å². The van der Waals surface area contributed by atoms with Crippen molar-refractivity contribution < 1.29 is 70.2 Å². The number of nitrogens with two attached hydrogens (primary N) is 4. The fraction of sp³-hybridized carbons (Fsp3) is 0.125. The van der Waals surface area contributed by atoms with Gasteiger partial charge in [0.25, 0.3) is 11.8 Å². The second-order valence-corrected chi connectivity index (χ2v) is 14.2. The Balaban J connectivity index is 0.00000496. The van der Waals surface area contributed by atoms with Crippen LogP contribution in [-0.4, -0.2) is 82.3 Å². The number of rotatable bonds is 12. The molecule has 20 N–H and O–H groups in total. The van der Waals surface area contributed by atoms with Gasteiger partial charge in [-0.2, -0.15) is 0 Å². The lowest BCUT2D eigenvalue weighted by atomic mass is 10.3. The van der Waals surface area contributed by atoms with Crippen LogP contribution in [0, 0.1) is 0 Å². The minimum Gasteiger partial charge on any atom is -0.481 e. The predicted molar refractivity (Wildman–Crippen MR) is 207 cm³/mol. The summed E-state index contributed by atoms with van der Waals surface area (Å²) in [6, 6.07) is 21.2. The number of amides is 2. The molecule has 0 fully saturated rings. The maximum atomic E-state index is 12.2. The second-order valence-electron chi connectivity index (χ2n) is 9.82. The van der Waals surface area contributed by atoms with E-state index in [1.165, 1.54) is 47.0 Å². The average Bonchev–Trinajstić information content (AvgIpc) is 3.13. The standard InChI is InChI=1S/C32H28N4O10S4.H4N2.4H2O/c33-35-25(37)13-43-29-17-5-1-6-18(29)48-22-10-4-12-24(32(22)46-16-28(41)42)50-20-8-2-7-19(30(20)44-14-26(38)36-34)49-23-11-3-9-21(47-17)31(23)45-15-27(39)40;1-2;;;;/h1-12H,13-16,33-34H2,(H,35,37)(H,36,38)(H,39,40)(H,41,42);1-2H2;4*1H2. The Morgan fingerprint density at radius 3 is 0.821 bits per heavy atom. The third-order valence-electron chi connectivity index (χ3n) is 6.35. The number of nitrogens with one attached hydrogen (secondary N) is 2. The van der Waals surface area contributed by atoms with Crippen molar-refractivity contribution in [3.8, 4) is 23.0 Å². The molecule has 306 valence electrons. The van der Waals surface area contributed by atoms with E-state index in [4.69, 9.17) is 30.6 Å². The second kappa shape index (κ2) is 25.2. The number of carboxylic acid groups (broad SMARTS) is 2. The zero-order valence-electron chi connectivity index (χ0n) is 28.9. The van der Waals surface area contributed by atoms with Gasteiger partial charge in [0.15, 0.2) is 26.4 Å². The lowest BCUT2D eigenvalue weighted by Gasteiger charge is -2.21. The number of fused-ring (bicyclic) bond motifs is 8. The Labute approximate surface area is 335 Å². The van der Waals surface area contributed by atoms with Crippen molar-refractivity contribution >= 4 is 70.8 Å². The summed E-state index contributed by atoms with van der Waals surface area (Å²) in [5, 5.41) is 19.0. The molecule has 1 heterocycles. The predicted octanol–water partition coefficient (Wildman–Crippen LogP) is -0.211. The number of benzene rings is 4. The molecule has 2 amide bonds. The van der Waals surface area contributed by atoms with E-state index in [2.05, 4.69) is 11.7 Å². The molecule has 8 bridgehead atoms. The van der Waals surface area contributed by atoms with Crippen molar-refractivity contribution in [3.63, 3.8) is 0 Å². The molecule has 1 aliphatic heterocycles. The highest BCUT2D eigenvalue weighted by Gasteiger charge is 2.24. The summed E-state index contributed by atoms with van der Waals surface area (Å²) in [6.45, 7) is -2.11. The van der Waals surface area contributed by atoms with Crippen LogP contribution in [0.3, 0.4) is 0 Å². The number of hydrogen-bond donors (Lipinski definition) is 8. The van der Waals surface area contributed by atoms with E-state index in [9.17, 15) is 29.4 Å². The van der Waals surface area contributed by atoms with Crippen LogP contribution in [-0.2, 0) is 19.2 Å². The van der Waals surface area contributed by atoms with E-state index in [-0.39, 0.29) is 33.4 Å². The summed E-state index contributed by atoms with van der Waals surface area (Å²) >= 11 is 4.85. The van der Waals surface area contributed by atoms with Gasteiger partial charge in [0, 0.05) is 0 Å². The first-order valence-corrected chi connectivity index (χ1v) is 17.9. The molecule has 20 nitrogen and oxygen atoms in total. The molecule has 0 radical (unpaired) electrons. The van der Waals surface area contributed by atoms with E-state index < -0.39 is 50.2 Å². The largest absolute Gasteiger partial charge is 0.481 e. The van der Waals surface area contributed by atoms with Gasteiger partial charge in [0.05, 0.1) is 39.2 Å². The van der Waals surface area contributed by atoms with Crippen molar-refractivity contribution in [1.29, 1.82) is 0 Å². The number of para-hydroxylation sites is 4. The molecule has 24 heteroatoms. The van der Waals surface area contributed by atoms with Gasteiger partial charge in [-0.15, -0.1) is 0 Å². The van der Waals surface area contributed by atoms with E-state index in [1.54, 1.807) is 72.8 Å². The smallest absolute Gasteiger partial charge is 0.341 e. The van der Waals surface area contributed by atoms with Gasteiger partial charge in [-0.1, -0.05) is 71.3 Å². The zero-order chi connectivity index (χ0) is 37.6. The topological polar surface area (TPSA) is 400 Å². The summed E-state index contributed by atoms with van der Waals surface area (Å²) in [6.07, 6.45) is 0. The molecule has 5 rings (SSSR count). The van der Waals surface area contributed by atoms with E-state index in [0.717, 1.165) is 0 Å². The van der Waals surface area contributed by atoms with Crippen molar-refractivity contribution in [2.45, 2.75) is 39.2 Å². The highest BCUT2D eigenvalue weighted by atomic mass is 32.2. The molecular weight excluding hydrogens is 821 g/mol. The molecular formula is C32H40N6O14S4. The van der Waals surface area contributed by atoms with Crippen molar-refractivity contribution in [2.24, 2.45) is 23.4 Å². The molecule has 4 aromatic carbocycles. The molecule has 0 aliphatic carbocycles. The minimum absolute atomic E-state index is 0. The quantitative estimate of drug-likeness (QED) is 0.0457. The van der Waals surface area contributed by atoms with Crippen LogP contribution >= 0.6 is 47.0 Å². The molecule has 0 saturated heterocycles. The van der Waals surface area contributed by atoms with Crippen LogP contribution in [0.4, 0.5) is 0 Å². The molecule has 0 unspecified atom stereocenters. The van der Waals surface area contributed by atoms with Crippen LogP contribution in [0.2, 0.25) is 0 Å². The van der Waals surface area contributed by atoms with Crippen molar-refractivity contribution in [3.05, 3.63) is 72.8 Å². The van der Waals surface area contributed by atoms with Crippen LogP contribution in [0.25, 0.3) is 0 Å². The Morgan fingerprint density at radius 1 is 0.446 bits per heavy atom. The Hall–Kier alpha value is -4.96. The number of ether oxygens (including phenoxy) is 4. The maximum absolute atomic E-state index is 12.2. The molecule has 56 heavy (non-hydrogen) atoms. The Kier molecular flexibility index (Phi) is 23.0. The van der Waals surface area contributed by atoms with Gasteiger partial charge in [0.1, 0.15) is 23.0 Å². The van der Waals surface area contributed by atoms with Gasteiger partial charge in [-0.25, -0.2) is 21.3 Å². The van der Waals surface area contributed by atoms with E-state index in [1.807, 2.05) is 10.9 Å². The highest BCUT2D eigenvalue weighted by molar-refractivity contribution is 8.01. The molecule has 4 aromatic rings. The number of hydrazine groups is 3. The number of carboxylic acids is 2. The van der Waals surface area contributed by atoms with E-state index in [0.29, 0.717) is 50.7 Å². The van der Waals surface area contributed by atoms with Gasteiger partial charge >= 0.3 is 11.9 Å². The highest BCUT2D eigenvalue weighted by Crippen LogP contribution is 2.53. The fourth-order valence-electron chi connectivity index (χ4n) is 4.30. The number of carbonyl (C=O) groups is 4. The fourth-order valence-corrected chi connectivity index (χ4v) is 8.77. The molecule has 0 saturated carbocycles. The maximum Gasteiger partial charge on any atom is 0.341 e. The summed E-state index contributed by atoms with van der Waals surface area (Å²) in [4.78, 5) is 52.0. The van der Waals surface area contributed by atoms with Crippen molar-refractivity contribution in [1.82, 2.24) is 10.9 Å². The number of carbonyl (C=O) groups excluding carboxylic acids is 2. The van der Waals surface area contributed by atoms with E-state index >= 15 is 0 Å². The molecule has 0 atom stereocenters. The molecule has 0 spiro atoms. The summed E-state index contributed by atoms with van der Waals surface area (Å²) < 4.78 is 23.8. The first-order chi connectivity index (χ1) is 25.2. The average molecular weight is 861 g/mol. The summed E-state index contributed by atoms with van der Waals surface area (Å²) in [5.74, 6) is 16.2. The first kappa shape index (κ1) is 51.0. The van der Waals surface area contributed by atoms with Crippen LogP contribution in [0.1, 0.15) is 0 Å². The number of hydrogen-bond acceptors (Lipinski definition) is 16. The molecule has 1 aliphatic rings. The summed E-state index contributed by atoms with van der Waals surface area (Å²) in [7, 11) is 0. The zero-order valence-corrected chi connectivity index (χ0v) is 32.1. The lowest BCUT2D eigenvalue weighted by Crippen LogP contribution is -2.34. The minimum atomic E-state index is -1.18. The Morgan fingerprint density at radius 2 is 0.643 bits per heavy atom. The third kappa shape index (κ3) is 13.7. The monoisotopic (exact) mass is 860 g/mol. The third-order valence-corrected chi connectivity index (χ3v) is 10.7. The lowest BCUT2D eigenvalue weighted by molar-refractivity contribution is -0.140. The van der Waals surface area contributed by atoms with Crippen molar-refractivity contribution in [2.75, 3.05) is 26.4 Å². The molecule has 0 aromatic heterocycles. The van der Waals surface area contributed by atoms with Gasteiger partial charge in [-0.3, -0.25) is 32.1 Å². The summed E-state index contributed by atoms with van der Waals surface area (Å²) in [5.41, 5.74) is 4.09. The van der Waals surface area contributed by atoms with Crippen LogP contribution in [0.15, 0.2) is 112 Å². The SMILES string of the molecule is NN.NNC(=O)COc1c2cccc1Sc1cccc(c1OCC(=O)O)Sc1cccc(c1OCC(=O)NN)Sc1cccc(c1OCC(=O)O)S2.O.O.O.O. The Bertz CT molecular complexity index is 1720. The normalized spacial score (nSPS) is 10.7. The first-order valence-electron chi connectivity index (χ1n) is 14.7. The number of aliphatic carboxylic acids is 2.